The standard InChI is InChI=1S/C25H30N2O3/c1-19-5-7-21(8-6-19)24(28)22-9-11-27(12-10-22)25(29)23-4-2-3-20(17-23)18-26-13-15-30-16-14-26/h2-8,17,22H,9-16,18H2,1H3. The Morgan fingerprint density at radius 2 is 1.63 bits per heavy atom. The molecule has 5 nitrogen and oxygen atoms in total. The van der Waals surface area contributed by atoms with Gasteiger partial charge in [-0.1, -0.05) is 42.0 Å². The van der Waals surface area contributed by atoms with E-state index < -0.39 is 0 Å². The van der Waals surface area contributed by atoms with Crippen LogP contribution < -0.4 is 0 Å². The molecule has 5 heteroatoms. The van der Waals surface area contributed by atoms with Crippen LogP contribution in [0.2, 0.25) is 0 Å². The third-order valence-corrected chi connectivity index (χ3v) is 6.17. The first-order valence-electron chi connectivity index (χ1n) is 10.9. The molecule has 2 aromatic rings. The van der Waals surface area contributed by atoms with Crippen molar-refractivity contribution in [2.24, 2.45) is 5.92 Å². The van der Waals surface area contributed by atoms with E-state index in [1.807, 2.05) is 54.3 Å². The van der Waals surface area contributed by atoms with Gasteiger partial charge in [0.05, 0.1) is 13.2 Å². The van der Waals surface area contributed by atoms with E-state index in [0.717, 1.165) is 67.9 Å². The van der Waals surface area contributed by atoms with E-state index in [4.69, 9.17) is 4.74 Å². The van der Waals surface area contributed by atoms with Crippen LogP contribution in [0.1, 0.15) is 44.7 Å². The number of ether oxygens (including phenoxy) is 1. The van der Waals surface area contributed by atoms with E-state index in [1.54, 1.807) is 0 Å². The van der Waals surface area contributed by atoms with Crippen LogP contribution in [0.25, 0.3) is 0 Å². The van der Waals surface area contributed by atoms with E-state index in [-0.39, 0.29) is 17.6 Å². The lowest BCUT2D eigenvalue weighted by atomic mass is 9.88. The fourth-order valence-corrected chi connectivity index (χ4v) is 4.30. The average Bonchev–Trinajstić information content (AvgIpc) is 2.80. The molecular weight excluding hydrogens is 376 g/mol. The number of amides is 1. The van der Waals surface area contributed by atoms with Crippen molar-refractivity contribution in [1.29, 1.82) is 0 Å². The van der Waals surface area contributed by atoms with Crippen molar-refractivity contribution in [2.75, 3.05) is 39.4 Å². The fourth-order valence-electron chi connectivity index (χ4n) is 4.30. The summed E-state index contributed by atoms with van der Waals surface area (Å²) in [6, 6.07) is 15.8. The molecule has 2 heterocycles. The predicted molar refractivity (Wildman–Crippen MR) is 117 cm³/mol. The summed E-state index contributed by atoms with van der Waals surface area (Å²) in [6.07, 6.45) is 1.46. The number of likely N-dealkylation sites (tertiary alicyclic amines) is 1. The topological polar surface area (TPSA) is 49.9 Å². The molecule has 0 unspecified atom stereocenters. The van der Waals surface area contributed by atoms with Crippen molar-refractivity contribution in [3.63, 3.8) is 0 Å². The minimum Gasteiger partial charge on any atom is -0.379 e. The highest BCUT2D eigenvalue weighted by Gasteiger charge is 2.28. The smallest absolute Gasteiger partial charge is 0.253 e. The van der Waals surface area contributed by atoms with Crippen molar-refractivity contribution in [1.82, 2.24) is 9.80 Å². The minimum atomic E-state index is 0.00408. The highest BCUT2D eigenvalue weighted by atomic mass is 16.5. The summed E-state index contributed by atoms with van der Waals surface area (Å²) in [5, 5.41) is 0. The summed E-state index contributed by atoms with van der Waals surface area (Å²) in [4.78, 5) is 30.1. The number of carbonyl (C=O) groups is 2. The number of Topliss-reactive ketones (excluding diaryl/α,β-unsaturated/α-hetero) is 1. The van der Waals surface area contributed by atoms with Gasteiger partial charge in [-0.05, 0) is 37.5 Å². The molecule has 0 N–H and O–H groups in total. The Labute approximate surface area is 178 Å². The average molecular weight is 407 g/mol. The van der Waals surface area contributed by atoms with Crippen molar-refractivity contribution in [3.05, 3.63) is 70.8 Å². The second kappa shape index (κ2) is 9.54. The largest absolute Gasteiger partial charge is 0.379 e. The van der Waals surface area contributed by atoms with E-state index in [2.05, 4.69) is 11.0 Å². The molecule has 1 amide bonds. The number of morpholine rings is 1. The van der Waals surface area contributed by atoms with Gasteiger partial charge in [-0.2, -0.15) is 0 Å². The van der Waals surface area contributed by atoms with Gasteiger partial charge < -0.3 is 9.64 Å². The molecule has 158 valence electrons. The molecule has 2 fully saturated rings. The first kappa shape index (κ1) is 20.8. The Morgan fingerprint density at radius 1 is 0.933 bits per heavy atom. The summed E-state index contributed by atoms with van der Waals surface area (Å²) >= 11 is 0. The van der Waals surface area contributed by atoms with E-state index >= 15 is 0 Å². The zero-order valence-corrected chi connectivity index (χ0v) is 17.7. The summed E-state index contributed by atoms with van der Waals surface area (Å²) in [6.45, 7) is 7.54. The van der Waals surface area contributed by atoms with Crippen LogP contribution in [0, 0.1) is 12.8 Å². The Morgan fingerprint density at radius 3 is 2.33 bits per heavy atom. The first-order chi connectivity index (χ1) is 14.6. The van der Waals surface area contributed by atoms with Gasteiger partial charge in [-0.15, -0.1) is 0 Å². The second-order valence-corrected chi connectivity index (χ2v) is 8.39. The number of nitrogens with zero attached hydrogens (tertiary/aromatic N) is 2. The van der Waals surface area contributed by atoms with Gasteiger partial charge in [0.15, 0.2) is 5.78 Å². The van der Waals surface area contributed by atoms with Gasteiger partial charge >= 0.3 is 0 Å². The van der Waals surface area contributed by atoms with E-state index in [0.29, 0.717) is 13.1 Å². The summed E-state index contributed by atoms with van der Waals surface area (Å²) in [5.74, 6) is 0.277. The molecule has 2 aromatic carbocycles. The lowest BCUT2D eigenvalue weighted by Gasteiger charge is -2.31. The second-order valence-electron chi connectivity index (χ2n) is 8.39. The van der Waals surface area contributed by atoms with Crippen molar-refractivity contribution >= 4 is 11.7 Å². The summed E-state index contributed by atoms with van der Waals surface area (Å²) < 4.78 is 5.41. The molecule has 0 spiro atoms. The number of carbonyl (C=O) groups excluding carboxylic acids is 2. The highest BCUT2D eigenvalue weighted by molar-refractivity contribution is 5.98. The zero-order chi connectivity index (χ0) is 20.9. The number of hydrogen-bond acceptors (Lipinski definition) is 4. The van der Waals surface area contributed by atoms with Gasteiger partial charge in [0.25, 0.3) is 5.91 Å². The van der Waals surface area contributed by atoms with Gasteiger partial charge in [0, 0.05) is 49.8 Å². The molecular formula is C25H30N2O3. The summed E-state index contributed by atoms with van der Waals surface area (Å²) in [5.41, 5.74) is 3.83. The molecule has 0 radical (unpaired) electrons. The van der Waals surface area contributed by atoms with E-state index in [1.165, 1.54) is 0 Å². The van der Waals surface area contributed by atoms with Crippen molar-refractivity contribution < 1.29 is 14.3 Å². The van der Waals surface area contributed by atoms with E-state index in [9.17, 15) is 9.59 Å². The molecule has 4 rings (SSSR count). The molecule has 0 aromatic heterocycles. The van der Waals surface area contributed by atoms with Crippen LogP contribution >= 0.6 is 0 Å². The Balaban J connectivity index is 1.34. The molecule has 2 aliphatic heterocycles. The lowest BCUT2D eigenvalue weighted by molar-refractivity contribution is 0.0341. The zero-order valence-electron chi connectivity index (χ0n) is 17.7. The predicted octanol–water partition coefficient (Wildman–Crippen LogP) is 3.56. The first-order valence-corrected chi connectivity index (χ1v) is 10.9. The van der Waals surface area contributed by atoms with Crippen LogP contribution in [0.5, 0.6) is 0 Å². The third kappa shape index (κ3) is 4.97. The number of benzene rings is 2. The van der Waals surface area contributed by atoms with Crippen molar-refractivity contribution in [2.45, 2.75) is 26.3 Å². The SMILES string of the molecule is Cc1ccc(C(=O)C2CCN(C(=O)c3cccc(CN4CCOCC4)c3)CC2)cc1. The summed E-state index contributed by atoms with van der Waals surface area (Å²) in [7, 11) is 0. The van der Waals surface area contributed by atoms with Crippen LogP contribution in [0.4, 0.5) is 0 Å². The molecule has 0 atom stereocenters. The van der Waals surface area contributed by atoms with Crippen LogP contribution in [-0.4, -0.2) is 60.9 Å². The maximum Gasteiger partial charge on any atom is 0.253 e. The third-order valence-electron chi connectivity index (χ3n) is 6.17. The van der Waals surface area contributed by atoms with Gasteiger partial charge in [-0.25, -0.2) is 0 Å². The highest BCUT2D eigenvalue weighted by Crippen LogP contribution is 2.23. The maximum atomic E-state index is 13.0. The molecule has 30 heavy (non-hydrogen) atoms. The minimum absolute atomic E-state index is 0.00408. The molecule has 2 saturated heterocycles. The van der Waals surface area contributed by atoms with Crippen molar-refractivity contribution in [3.8, 4) is 0 Å². The van der Waals surface area contributed by atoms with Crippen LogP contribution in [0.15, 0.2) is 48.5 Å². The lowest BCUT2D eigenvalue weighted by Crippen LogP contribution is -2.40. The normalized spacial score (nSPS) is 18.4. The number of ketones is 1. The Hall–Kier alpha value is -2.50. The monoisotopic (exact) mass is 406 g/mol. The molecule has 0 bridgehead atoms. The number of hydrogen-bond donors (Lipinski definition) is 0. The van der Waals surface area contributed by atoms with Gasteiger partial charge in [0.1, 0.15) is 0 Å². The van der Waals surface area contributed by atoms with Crippen LogP contribution in [-0.2, 0) is 11.3 Å². The Kier molecular flexibility index (Phi) is 6.60. The number of rotatable bonds is 5. The molecule has 0 aliphatic carbocycles. The maximum absolute atomic E-state index is 13.0. The fraction of sp³-hybridized carbons (Fsp3) is 0.440. The number of piperidine rings is 1. The molecule has 0 saturated carbocycles. The van der Waals surface area contributed by atoms with Crippen LogP contribution in [0.3, 0.4) is 0 Å². The quantitative estimate of drug-likeness (QED) is 0.713. The molecule has 2 aliphatic rings. The number of aryl methyl sites for hydroxylation is 1. The van der Waals surface area contributed by atoms with Gasteiger partial charge in [-0.3, -0.25) is 14.5 Å². The Bertz CT molecular complexity index is 880. The van der Waals surface area contributed by atoms with Gasteiger partial charge in [0.2, 0.25) is 0 Å².